The zero-order chi connectivity index (χ0) is 7.15. The van der Waals surface area contributed by atoms with Gasteiger partial charge >= 0.3 is 33.9 Å². The van der Waals surface area contributed by atoms with Gasteiger partial charge < -0.3 is 35.8 Å². The molecule has 10 heteroatoms. The molecule has 11 heavy (non-hydrogen) atoms. The van der Waals surface area contributed by atoms with E-state index in [0.29, 0.717) is 0 Å². The van der Waals surface area contributed by atoms with E-state index in [4.69, 9.17) is 30.3 Å². The monoisotopic (exact) mass is 224 g/mol. The summed E-state index contributed by atoms with van der Waals surface area (Å²) in [5.74, 6) is 0. The van der Waals surface area contributed by atoms with Crippen molar-refractivity contribution in [3.8, 4) is 0 Å². The third kappa shape index (κ3) is 1780. The average molecular weight is 225 g/mol. The van der Waals surface area contributed by atoms with Gasteiger partial charge in [0.1, 0.15) is 0 Å². The fourth-order valence-electron chi connectivity index (χ4n) is 0. The molecule has 0 saturated carbocycles. The summed E-state index contributed by atoms with van der Waals surface area (Å²) in [5, 5.41) is 31.4. The van der Waals surface area contributed by atoms with Crippen LogP contribution in [0.3, 0.4) is 0 Å². The Morgan fingerprint density at radius 2 is 1.18 bits per heavy atom. The minimum Gasteiger partial charge on any atom is -0.870 e. The van der Waals surface area contributed by atoms with E-state index >= 15 is 0 Å². The molecule has 0 aromatic rings. The Labute approximate surface area is 81.3 Å². The van der Waals surface area contributed by atoms with Crippen LogP contribution in [0, 0.1) is 15.3 Å². The van der Waals surface area contributed by atoms with E-state index in [-0.39, 0.29) is 39.3 Å². The Bertz CT molecular complexity index is 76.4. The number of carbonyl (C=O) groups is 1. The van der Waals surface area contributed by atoms with Crippen molar-refractivity contribution in [1.29, 1.82) is 0 Å². The first-order valence-electron chi connectivity index (χ1n) is 1.16. The molecule has 0 radical (unpaired) electrons. The van der Waals surface area contributed by atoms with Crippen LogP contribution in [0.15, 0.2) is 0 Å². The van der Waals surface area contributed by atoms with Crippen LogP contribution >= 0.6 is 0 Å². The Morgan fingerprint density at radius 3 is 1.18 bits per heavy atom. The standard InChI is InChI=1S/CH2O3.Al.NO3.Ni.H2O/c2-1(3)4;;2-1(3)4;;/h(H2,2,3,4);;;;1H2/q;+3;-1;+2;/p-3. The molecular formula is CHAlNNiO7+. The summed E-state index contributed by atoms with van der Waals surface area (Å²) in [5.41, 5.74) is 0. The van der Waals surface area contributed by atoms with E-state index in [1.165, 1.54) is 0 Å². The quantitative estimate of drug-likeness (QED) is 0.237. The van der Waals surface area contributed by atoms with Crippen molar-refractivity contribution in [2.45, 2.75) is 0 Å². The molecule has 0 atom stereocenters. The van der Waals surface area contributed by atoms with Crippen LogP contribution in [0.2, 0.25) is 0 Å². The van der Waals surface area contributed by atoms with Gasteiger partial charge in [-0.15, -0.1) is 0 Å². The predicted octanol–water partition coefficient (Wildman–Crippen LogP) is -3.25. The van der Waals surface area contributed by atoms with Gasteiger partial charge in [-0.3, -0.25) is 0 Å². The molecule has 0 aromatic heterocycles. The molecule has 0 saturated heterocycles. The normalized spacial score (nSPS) is 4.36. The largest absolute Gasteiger partial charge is 3.00 e. The van der Waals surface area contributed by atoms with E-state index in [1.807, 2.05) is 0 Å². The van der Waals surface area contributed by atoms with Gasteiger partial charge in [0, 0.05) is 0 Å². The van der Waals surface area contributed by atoms with Crippen LogP contribution in [0.4, 0.5) is 4.79 Å². The molecule has 0 aliphatic carbocycles. The van der Waals surface area contributed by atoms with E-state index in [9.17, 15) is 0 Å². The maximum Gasteiger partial charge on any atom is 3.00 e. The molecule has 0 aromatic carbocycles. The summed E-state index contributed by atoms with van der Waals surface area (Å²) in [4.78, 5) is 16.6. The van der Waals surface area contributed by atoms with Crippen LogP contribution in [0.1, 0.15) is 0 Å². The predicted molar refractivity (Wildman–Crippen MR) is 23.4 cm³/mol. The van der Waals surface area contributed by atoms with Crippen LogP contribution < -0.4 is 10.2 Å². The SMILES string of the molecule is O=C([O-])[O-].O=[N+]([O-])[O-].[Al+3].[Ni+2].[OH-]. The zero-order valence-corrected chi connectivity index (χ0v) is 6.88. The van der Waals surface area contributed by atoms with Crippen molar-refractivity contribution in [3.63, 3.8) is 0 Å². The summed E-state index contributed by atoms with van der Waals surface area (Å²) >= 11 is 0. The minimum absolute atomic E-state index is 0. The minimum atomic E-state index is -2.33. The molecule has 1 N–H and O–H groups in total. The van der Waals surface area contributed by atoms with Gasteiger partial charge in [0.05, 0.1) is 5.09 Å². The first kappa shape index (κ1) is 31.4. The van der Waals surface area contributed by atoms with Crippen molar-refractivity contribution in [1.82, 2.24) is 0 Å². The van der Waals surface area contributed by atoms with Crippen LogP contribution in [0.25, 0.3) is 0 Å². The summed E-state index contributed by atoms with van der Waals surface area (Å²) in [7, 11) is 0. The fraction of sp³-hybridized carbons (Fsp3) is 0. The van der Waals surface area contributed by atoms with E-state index < -0.39 is 11.2 Å². The first-order chi connectivity index (χ1) is 3.46. The van der Waals surface area contributed by atoms with Gasteiger partial charge in [-0.25, -0.2) is 0 Å². The second kappa shape index (κ2) is 22.7. The second-order valence-corrected chi connectivity index (χ2v) is 0.474. The molecule has 64 valence electrons. The summed E-state index contributed by atoms with van der Waals surface area (Å²) < 4.78 is 0. The third-order valence-corrected chi connectivity index (χ3v) is 0. The van der Waals surface area contributed by atoms with Crippen molar-refractivity contribution in [2.75, 3.05) is 0 Å². The van der Waals surface area contributed by atoms with Gasteiger partial charge in [0.2, 0.25) is 0 Å². The third-order valence-electron chi connectivity index (χ3n) is 0. The average Bonchev–Trinajstić information content (AvgIpc) is 1.25. The van der Waals surface area contributed by atoms with Crippen molar-refractivity contribution in [2.24, 2.45) is 0 Å². The van der Waals surface area contributed by atoms with Gasteiger partial charge in [-0.2, -0.15) is 0 Å². The maximum absolute atomic E-state index is 8.33. The number of nitrogens with zero attached hydrogens (tertiary/aromatic N) is 1. The van der Waals surface area contributed by atoms with Crippen LogP contribution in [-0.2, 0) is 16.5 Å². The molecule has 0 bridgehead atoms. The molecule has 0 unspecified atom stereocenters. The van der Waals surface area contributed by atoms with Crippen LogP contribution in [-0.4, -0.2) is 34.1 Å². The molecule has 0 amide bonds. The van der Waals surface area contributed by atoms with E-state index in [2.05, 4.69) is 0 Å². The Hall–Kier alpha value is -0.544. The second-order valence-electron chi connectivity index (χ2n) is 0.474. The fourth-order valence-corrected chi connectivity index (χ4v) is 0. The molecule has 0 heterocycles. The molecule has 0 rings (SSSR count). The number of hydrogen-bond acceptors (Lipinski definition) is 7. The molecule has 0 spiro atoms. The maximum atomic E-state index is 8.33. The summed E-state index contributed by atoms with van der Waals surface area (Å²) in [6.45, 7) is 0. The van der Waals surface area contributed by atoms with Gasteiger partial charge in [0.15, 0.2) is 0 Å². The van der Waals surface area contributed by atoms with E-state index in [0.717, 1.165) is 0 Å². The number of hydrogen-bond donors (Lipinski definition) is 0. The Balaban J connectivity index is -0.0000000171. The van der Waals surface area contributed by atoms with Crippen molar-refractivity contribution in [3.05, 3.63) is 15.3 Å². The molecule has 0 fully saturated rings. The van der Waals surface area contributed by atoms with E-state index in [1.54, 1.807) is 0 Å². The number of carbonyl (C=O) groups excluding carboxylic acids is 1. The van der Waals surface area contributed by atoms with Crippen molar-refractivity contribution < 1.29 is 42.1 Å². The summed E-state index contributed by atoms with van der Waals surface area (Å²) in [6.07, 6.45) is -2.33. The molecular weight excluding hydrogens is 224 g/mol. The van der Waals surface area contributed by atoms with Crippen LogP contribution in [0.5, 0.6) is 0 Å². The molecule has 8 nitrogen and oxygen atoms in total. The first-order valence-corrected chi connectivity index (χ1v) is 1.16. The van der Waals surface area contributed by atoms with Gasteiger partial charge in [0.25, 0.3) is 0 Å². The Morgan fingerprint density at radius 1 is 1.18 bits per heavy atom. The number of rotatable bonds is 0. The van der Waals surface area contributed by atoms with Crippen molar-refractivity contribution >= 4 is 23.5 Å². The Kier molecular flexibility index (Phi) is 64.9. The smallest absolute Gasteiger partial charge is 0.870 e. The molecule has 0 aliphatic heterocycles. The van der Waals surface area contributed by atoms with Gasteiger partial charge in [-0.05, 0) is 6.16 Å². The molecule has 0 aliphatic rings. The van der Waals surface area contributed by atoms with Gasteiger partial charge in [-0.1, -0.05) is 0 Å². The number of carboxylic acid groups (broad SMARTS) is 2. The summed E-state index contributed by atoms with van der Waals surface area (Å²) in [6, 6.07) is 0. The zero-order valence-electron chi connectivity index (χ0n) is 4.74. The topological polar surface area (TPSA) is 159 Å².